The summed E-state index contributed by atoms with van der Waals surface area (Å²) in [5.41, 5.74) is 0.238. The van der Waals surface area contributed by atoms with Gasteiger partial charge < -0.3 is 10.2 Å². The Balaban J connectivity index is 3.33. The Morgan fingerprint density at radius 3 is 2.75 bits per heavy atom. The Kier molecular flexibility index (Phi) is 2.19. The SMILES string of the molecule is Cc1nc(Cl)c(O)cc1C(=O)O. The number of carbonyl (C=O) groups is 1. The van der Waals surface area contributed by atoms with Crippen LogP contribution in [0.1, 0.15) is 16.1 Å². The summed E-state index contributed by atoms with van der Waals surface area (Å²) in [4.78, 5) is 14.1. The third-order valence-corrected chi connectivity index (χ3v) is 1.66. The molecule has 2 N–H and O–H groups in total. The highest BCUT2D eigenvalue weighted by Gasteiger charge is 2.11. The van der Waals surface area contributed by atoms with E-state index in [1.807, 2.05) is 0 Å². The van der Waals surface area contributed by atoms with Crippen LogP contribution in [0, 0.1) is 6.92 Å². The second kappa shape index (κ2) is 2.98. The highest BCUT2D eigenvalue weighted by molar-refractivity contribution is 6.30. The number of hydrogen-bond donors (Lipinski definition) is 2. The molecule has 0 aliphatic heterocycles. The quantitative estimate of drug-likeness (QED) is 0.653. The number of halogens is 1. The molecule has 64 valence electrons. The molecule has 0 aromatic carbocycles. The van der Waals surface area contributed by atoms with Crippen LogP contribution in [0.3, 0.4) is 0 Å². The van der Waals surface area contributed by atoms with Crippen molar-refractivity contribution in [3.8, 4) is 5.75 Å². The first kappa shape index (κ1) is 8.80. The van der Waals surface area contributed by atoms with E-state index < -0.39 is 5.97 Å². The Bertz CT molecular complexity index is 338. The van der Waals surface area contributed by atoms with Crippen LogP contribution in [-0.4, -0.2) is 21.2 Å². The molecule has 0 atom stereocenters. The summed E-state index contributed by atoms with van der Waals surface area (Å²) < 4.78 is 0. The van der Waals surface area contributed by atoms with E-state index >= 15 is 0 Å². The molecule has 0 spiro atoms. The fourth-order valence-electron chi connectivity index (χ4n) is 0.782. The van der Waals surface area contributed by atoms with Gasteiger partial charge in [0, 0.05) is 0 Å². The summed E-state index contributed by atoms with van der Waals surface area (Å²) in [6.45, 7) is 1.51. The third-order valence-electron chi connectivity index (χ3n) is 1.38. The van der Waals surface area contributed by atoms with Crippen LogP contribution in [0.15, 0.2) is 6.07 Å². The molecule has 0 unspecified atom stereocenters. The van der Waals surface area contributed by atoms with Crippen LogP contribution in [0.5, 0.6) is 5.75 Å². The lowest BCUT2D eigenvalue weighted by Gasteiger charge is -2.01. The summed E-state index contributed by atoms with van der Waals surface area (Å²) in [5.74, 6) is -1.45. The Morgan fingerprint density at radius 1 is 1.67 bits per heavy atom. The van der Waals surface area contributed by atoms with E-state index in [-0.39, 0.29) is 22.2 Å². The molecule has 0 saturated carbocycles. The van der Waals surface area contributed by atoms with Gasteiger partial charge in [-0.05, 0) is 13.0 Å². The van der Waals surface area contributed by atoms with Crippen molar-refractivity contribution in [2.45, 2.75) is 6.92 Å². The van der Waals surface area contributed by atoms with Gasteiger partial charge in [0.05, 0.1) is 11.3 Å². The minimum atomic E-state index is -1.13. The third kappa shape index (κ3) is 1.48. The van der Waals surface area contributed by atoms with Crippen molar-refractivity contribution in [3.05, 3.63) is 22.5 Å². The lowest BCUT2D eigenvalue weighted by atomic mass is 10.2. The molecular formula is C7H6ClNO3. The molecule has 1 heterocycles. The molecule has 1 aromatic rings. The number of carboxylic acid groups (broad SMARTS) is 1. The van der Waals surface area contributed by atoms with Crippen molar-refractivity contribution in [2.24, 2.45) is 0 Å². The molecule has 1 rings (SSSR count). The summed E-state index contributed by atoms with van der Waals surface area (Å²) in [7, 11) is 0. The summed E-state index contributed by atoms with van der Waals surface area (Å²) in [6, 6.07) is 1.08. The monoisotopic (exact) mass is 187 g/mol. The smallest absolute Gasteiger partial charge is 0.337 e. The van der Waals surface area contributed by atoms with Crippen molar-refractivity contribution in [3.63, 3.8) is 0 Å². The number of nitrogens with zero attached hydrogens (tertiary/aromatic N) is 1. The summed E-state index contributed by atoms with van der Waals surface area (Å²) in [5, 5.41) is 17.5. The summed E-state index contributed by atoms with van der Waals surface area (Å²) >= 11 is 5.44. The van der Waals surface area contributed by atoms with Gasteiger partial charge in [-0.2, -0.15) is 0 Å². The maximum absolute atomic E-state index is 10.5. The normalized spacial score (nSPS) is 9.83. The van der Waals surface area contributed by atoms with E-state index in [9.17, 15) is 4.79 Å². The van der Waals surface area contributed by atoms with Gasteiger partial charge in [0.15, 0.2) is 10.9 Å². The topological polar surface area (TPSA) is 70.4 Å². The van der Waals surface area contributed by atoms with Crippen molar-refractivity contribution >= 4 is 17.6 Å². The zero-order valence-corrected chi connectivity index (χ0v) is 6.96. The first-order valence-electron chi connectivity index (χ1n) is 3.11. The average Bonchev–Trinajstić information content (AvgIpc) is 1.96. The van der Waals surface area contributed by atoms with Gasteiger partial charge in [-0.1, -0.05) is 11.6 Å². The zero-order chi connectivity index (χ0) is 9.30. The van der Waals surface area contributed by atoms with E-state index in [1.165, 1.54) is 6.92 Å². The van der Waals surface area contributed by atoms with Crippen LogP contribution in [0.2, 0.25) is 5.15 Å². The number of carboxylic acids is 1. The number of aromatic carboxylic acids is 1. The molecule has 0 aliphatic carbocycles. The highest BCUT2D eigenvalue weighted by Crippen LogP contribution is 2.22. The van der Waals surface area contributed by atoms with E-state index in [4.69, 9.17) is 21.8 Å². The van der Waals surface area contributed by atoms with Gasteiger partial charge >= 0.3 is 5.97 Å². The lowest BCUT2D eigenvalue weighted by molar-refractivity contribution is 0.0695. The van der Waals surface area contributed by atoms with E-state index in [0.29, 0.717) is 0 Å². The van der Waals surface area contributed by atoms with E-state index in [1.54, 1.807) is 0 Å². The van der Waals surface area contributed by atoms with Crippen molar-refractivity contribution in [1.82, 2.24) is 4.98 Å². The predicted octanol–water partition coefficient (Wildman–Crippen LogP) is 1.45. The number of aromatic nitrogens is 1. The van der Waals surface area contributed by atoms with Crippen LogP contribution < -0.4 is 0 Å². The number of aromatic hydroxyl groups is 1. The molecule has 0 bridgehead atoms. The number of aryl methyl sites for hydroxylation is 1. The fraction of sp³-hybridized carbons (Fsp3) is 0.143. The van der Waals surface area contributed by atoms with Gasteiger partial charge in [-0.15, -0.1) is 0 Å². The first-order chi connectivity index (χ1) is 5.52. The van der Waals surface area contributed by atoms with Crippen LogP contribution in [0.25, 0.3) is 0 Å². The predicted molar refractivity (Wildman–Crippen MR) is 42.6 cm³/mol. The van der Waals surface area contributed by atoms with Gasteiger partial charge in [-0.3, -0.25) is 0 Å². The van der Waals surface area contributed by atoms with E-state index in [0.717, 1.165) is 6.07 Å². The maximum atomic E-state index is 10.5. The molecule has 1 aromatic heterocycles. The maximum Gasteiger partial charge on any atom is 0.337 e. The minimum Gasteiger partial charge on any atom is -0.505 e. The Labute approximate surface area is 73.4 Å². The number of pyridine rings is 1. The summed E-state index contributed by atoms with van der Waals surface area (Å²) in [6.07, 6.45) is 0. The van der Waals surface area contributed by atoms with Crippen LogP contribution in [0.4, 0.5) is 0 Å². The van der Waals surface area contributed by atoms with Gasteiger partial charge in [0.25, 0.3) is 0 Å². The molecule has 5 heteroatoms. The Hall–Kier alpha value is -1.29. The molecule has 0 amide bonds. The second-order valence-corrected chi connectivity index (χ2v) is 2.59. The molecule has 4 nitrogen and oxygen atoms in total. The molecule has 12 heavy (non-hydrogen) atoms. The second-order valence-electron chi connectivity index (χ2n) is 2.24. The van der Waals surface area contributed by atoms with Gasteiger partial charge in [0.1, 0.15) is 0 Å². The van der Waals surface area contributed by atoms with Gasteiger partial charge in [0.2, 0.25) is 0 Å². The fourth-order valence-corrected chi connectivity index (χ4v) is 0.963. The van der Waals surface area contributed by atoms with Crippen molar-refractivity contribution < 1.29 is 15.0 Å². The molecule has 0 saturated heterocycles. The van der Waals surface area contributed by atoms with E-state index in [2.05, 4.69) is 4.98 Å². The lowest BCUT2D eigenvalue weighted by Crippen LogP contribution is -2.01. The van der Waals surface area contributed by atoms with Crippen molar-refractivity contribution in [2.75, 3.05) is 0 Å². The van der Waals surface area contributed by atoms with Crippen molar-refractivity contribution in [1.29, 1.82) is 0 Å². The zero-order valence-electron chi connectivity index (χ0n) is 6.21. The first-order valence-corrected chi connectivity index (χ1v) is 3.49. The minimum absolute atomic E-state index is 0.0445. The molecule has 0 radical (unpaired) electrons. The Morgan fingerprint density at radius 2 is 2.25 bits per heavy atom. The standard InChI is InChI=1S/C7H6ClNO3/c1-3-4(7(11)12)2-5(10)6(8)9-3/h2,10H,1H3,(H,11,12). The molecular weight excluding hydrogens is 182 g/mol. The average molecular weight is 188 g/mol. The van der Waals surface area contributed by atoms with Gasteiger partial charge in [-0.25, -0.2) is 9.78 Å². The number of rotatable bonds is 1. The van der Waals surface area contributed by atoms with Crippen LogP contribution in [-0.2, 0) is 0 Å². The largest absolute Gasteiger partial charge is 0.505 e. The van der Waals surface area contributed by atoms with Crippen LogP contribution >= 0.6 is 11.6 Å². The molecule has 0 fully saturated rings. The molecule has 0 aliphatic rings. The number of hydrogen-bond acceptors (Lipinski definition) is 3. The highest BCUT2D eigenvalue weighted by atomic mass is 35.5.